The van der Waals surface area contributed by atoms with Crippen molar-refractivity contribution in [2.45, 2.75) is 38.5 Å². The third-order valence-electron chi connectivity index (χ3n) is 4.55. The Morgan fingerprint density at radius 3 is 2.84 bits per heavy atom. The highest BCUT2D eigenvalue weighted by Crippen LogP contribution is 2.29. The molecule has 0 fully saturated rings. The van der Waals surface area contributed by atoms with Crippen molar-refractivity contribution in [3.05, 3.63) is 45.7 Å². The lowest BCUT2D eigenvalue weighted by molar-refractivity contribution is -0.116. The van der Waals surface area contributed by atoms with Crippen LogP contribution in [0.4, 0.5) is 5.69 Å². The van der Waals surface area contributed by atoms with E-state index in [1.165, 1.54) is 0 Å². The predicted molar refractivity (Wildman–Crippen MR) is 98.7 cm³/mol. The average molecular weight is 340 g/mol. The number of nitrogens with one attached hydrogen (secondary N) is 3. The number of amides is 1. The summed E-state index contributed by atoms with van der Waals surface area (Å²) < 4.78 is 0. The molecule has 0 saturated carbocycles. The maximum absolute atomic E-state index is 12.0. The fourth-order valence-corrected chi connectivity index (χ4v) is 3.29. The van der Waals surface area contributed by atoms with Gasteiger partial charge in [0, 0.05) is 23.2 Å². The lowest BCUT2D eigenvalue weighted by atomic mass is 9.90. The molecule has 0 spiro atoms. The highest BCUT2D eigenvalue weighted by atomic mass is 16.1. The van der Waals surface area contributed by atoms with Crippen LogP contribution in [0.25, 0.3) is 11.3 Å². The summed E-state index contributed by atoms with van der Waals surface area (Å²) in [7, 11) is 1.87. The second kappa shape index (κ2) is 8.07. The van der Waals surface area contributed by atoms with Gasteiger partial charge < -0.3 is 10.6 Å². The molecule has 0 atom stereocenters. The zero-order valence-corrected chi connectivity index (χ0v) is 14.5. The molecule has 6 heteroatoms. The fraction of sp³-hybridized carbons (Fsp3) is 0.421. The third kappa shape index (κ3) is 4.14. The van der Waals surface area contributed by atoms with Crippen molar-refractivity contribution >= 4 is 11.6 Å². The molecule has 0 bridgehead atoms. The SMILES string of the molecule is CNCCCC(=O)Nc1cccc(-c2n[nH]c(=O)c3c2CCCC3)c1. The number of hydrogen-bond donors (Lipinski definition) is 3. The van der Waals surface area contributed by atoms with Crippen molar-refractivity contribution in [2.24, 2.45) is 0 Å². The Morgan fingerprint density at radius 2 is 2.04 bits per heavy atom. The lowest BCUT2D eigenvalue weighted by Gasteiger charge is -2.17. The van der Waals surface area contributed by atoms with Crippen molar-refractivity contribution in [3.63, 3.8) is 0 Å². The van der Waals surface area contributed by atoms with Crippen LogP contribution in [0.1, 0.15) is 36.8 Å². The molecular formula is C19H24N4O2. The molecule has 132 valence electrons. The summed E-state index contributed by atoms with van der Waals surface area (Å²) in [6.45, 7) is 0.820. The predicted octanol–water partition coefficient (Wildman–Crippen LogP) is 2.25. The molecule has 0 saturated heterocycles. The van der Waals surface area contributed by atoms with Crippen LogP contribution in [0.2, 0.25) is 0 Å². The molecule has 6 nitrogen and oxygen atoms in total. The number of fused-ring (bicyclic) bond motifs is 1. The minimum absolute atomic E-state index is 0.00357. The molecule has 1 aromatic heterocycles. The van der Waals surface area contributed by atoms with Gasteiger partial charge in [0.1, 0.15) is 0 Å². The molecule has 3 N–H and O–H groups in total. The molecule has 1 aromatic carbocycles. The number of aromatic amines is 1. The van der Waals surface area contributed by atoms with Crippen LogP contribution in [0.15, 0.2) is 29.1 Å². The first-order chi connectivity index (χ1) is 12.2. The van der Waals surface area contributed by atoms with Crippen molar-refractivity contribution in [3.8, 4) is 11.3 Å². The van der Waals surface area contributed by atoms with Crippen LogP contribution < -0.4 is 16.2 Å². The molecule has 1 heterocycles. The summed E-state index contributed by atoms with van der Waals surface area (Å²) in [6.07, 6.45) is 5.09. The Balaban J connectivity index is 1.83. The van der Waals surface area contributed by atoms with Crippen molar-refractivity contribution in [2.75, 3.05) is 18.9 Å². The molecule has 2 aromatic rings. The number of benzene rings is 1. The van der Waals surface area contributed by atoms with Crippen molar-refractivity contribution in [1.29, 1.82) is 0 Å². The topological polar surface area (TPSA) is 86.9 Å². The Hall–Kier alpha value is -2.47. The van der Waals surface area contributed by atoms with E-state index in [1.54, 1.807) is 0 Å². The van der Waals surface area contributed by atoms with Gasteiger partial charge in [0.15, 0.2) is 0 Å². The van der Waals surface area contributed by atoms with Crippen LogP contribution in [0.5, 0.6) is 0 Å². The second-order valence-electron chi connectivity index (χ2n) is 6.40. The van der Waals surface area contributed by atoms with Gasteiger partial charge in [0.05, 0.1) is 5.69 Å². The van der Waals surface area contributed by atoms with Gasteiger partial charge in [-0.05, 0) is 63.4 Å². The van der Waals surface area contributed by atoms with Crippen LogP contribution in [0.3, 0.4) is 0 Å². The van der Waals surface area contributed by atoms with Gasteiger partial charge in [-0.2, -0.15) is 5.10 Å². The Morgan fingerprint density at radius 1 is 1.24 bits per heavy atom. The quantitative estimate of drug-likeness (QED) is 0.704. The lowest BCUT2D eigenvalue weighted by Crippen LogP contribution is -2.21. The van der Waals surface area contributed by atoms with Gasteiger partial charge in [-0.1, -0.05) is 12.1 Å². The smallest absolute Gasteiger partial charge is 0.267 e. The summed E-state index contributed by atoms with van der Waals surface area (Å²) >= 11 is 0. The zero-order chi connectivity index (χ0) is 17.6. The zero-order valence-electron chi connectivity index (χ0n) is 14.5. The van der Waals surface area contributed by atoms with Crippen molar-refractivity contribution in [1.82, 2.24) is 15.5 Å². The van der Waals surface area contributed by atoms with Crippen LogP contribution in [-0.4, -0.2) is 29.7 Å². The molecule has 1 aliphatic rings. The Kier molecular flexibility index (Phi) is 5.60. The third-order valence-corrected chi connectivity index (χ3v) is 4.55. The molecule has 1 amide bonds. The molecule has 25 heavy (non-hydrogen) atoms. The molecule has 0 unspecified atom stereocenters. The average Bonchev–Trinajstić information content (AvgIpc) is 2.63. The van der Waals surface area contributed by atoms with Gasteiger partial charge in [0.2, 0.25) is 5.91 Å². The first-order valence-electron chi connectivity index (χ1n) is 8.84. The van der Waals surface area contributed by atoms with Gasteiger partial charge >= 0.3 is 0 Å². The molecule has 3 rings (SSSR count). The van der Waals surface area contributed by atoms with E-state index < -0.39 is 0 Å². The van der Waals surface area contributed by atoms with E-state index in [1.807, 2.05) is 31.3 Å². The number of carbonyl (C=O) groups excluding carboxylic acids is 1. The van der Waals surface area contributed by atoms with E-state index in [-0.39, 0.29) is 11.5 Å². The molecule has 0 aliphatic heterocycles. The summed E-state index contributed by atoms with van der Waals surface area (Å²) in [5, 5.41) is 12.9. The van der Waals surface area contributed by atoms with E-state index in [0.29, 0.717) is 6.42 Å². The van der Waals surface area contributed by atoms with E-state index in [4.69, 9.17) is 0 Å². The Labute approximate surface area is 147 Å². The molecular weight excluding hydrogens is 316 g/mol. The van der Waals surface area contributed by atoms with Crippen molar-refractivity contribution < 1.29 is 4.79 Å². The Bertz CT molecular complexity index is 813. The number of anilines is 1. The summed E-state index contributed by atoms with van der Waals surface area (Å²) in [4.78, 5) is 24.0. The minimum atomic E-state index is -0.0764. The largest absolute Gasteiger partial charge is 0.326 e. The maximum atomic E-state index is 12.0. The maximum Gasteiger partial charge on any atom is 0.267 e. The number of carbonyl (C=O) groups is 1. The highest BCUT2D eigenvalue weighted by Gasteiger charge is 2.19. The summed E-state index contributed by atoms with van der Waals surface area (Å²) in [5.41, 5.74) is 4.32. The first-order valence-corrected chi connectivity index (χ1v) is 8.84. The van der Waals surface area contributed by atoms with Gasteiger partial charge in [-0.15, -0.1) is 0 Å². The number of aromatic nitrogens is 2. The van der Waals surface area contributed by atoms with Gasteiger partial charge in [0.25, 0.3) is 5.56 Å². The number of hydrogen-bond acceptors (Lipinski definition) is 4. The van der Waals surface area contributed by atoms with E-state index in [2.05, 4.69) is 20.8 Å². The van der Waals surface area contributed by atoms with E-state index in [9.17, 15) is 9.59 Å². The fourth-order valence-electron chi connectivity index (χ4n) is 3.29. The number of nitrogens with zero attached hydrogens (tertiary/aromatic N) is 1. The highest BCUT2D eigenvalue weighted by molar-refractivity contribution is 5.91. The number of rotatable bonds is 6. The summed E-state index contributed by atoms with van der Waals surface area (Å²) in [5.74, 6) is 0.00357. The van der Waals surface area contributed by atoms with Gasteiger partial charge in [-0.25, -0.2) is 5.10 Å². The first kappa shape index (κ1) is 17.4. The standard InChI is InChI=1S/C19H24N4O2/c1-20-11-5-10-17(24)21-14-7-4-6-13(12-14)18-15-8-2-3-9-16(15)19(25)23-22-18/h4,6-7,12,20H,2-3,5,8-11H2,1H3,(H,21,24)(H,23,25). The van der Waals surface area contributed by atoms with E-state index in [0.717, 1.165) is 66.7 Å². The van der Waals surface area contributed by atoms with Gasteiger partial charge in [-0.3, -0.25) is 9.59 Å². The monoisotopic (exact) mass is 340 g/mol. The van der Waals surface area contributed by atoms with E-state index >= 15 is 0 Å². The minimum Gasteiger partial charge on any atom is -0.326 e. The van der Waals surface area contributed by atoms with Crippen LogP contribution >= 0.6 is 0 Å². The second-order valence-corrected chi connectivity index (χ2v) is 6.40. The number of H-pyrrole nitrogens is 1. The normalized spacial score (nSPS) is 13.3. The molecule has 1 aliphatic carbocycles. The molecule has 0 radical (unpaired) electrons. The summed E-state index contributed by atoms with van der Waals surface area (Å²) in [6, 6.07) is 7.66. The van der Waals surface area contributed by atoms with Crippen LogP contribution in [-0.2, 0) is 17.6 Å². The van der Waals surface area contributed by atoms with Crippen LogP contribution in [0, 0.1) is 0 Å².